The first kappa shape index (κ1) is 11.1. The number of benzene rings is 1. The van der Waals surface area contributed by atoms with Crippen LogP contribution in [-0.2, 0) is 6.54 Å². The topological polar surface area (TPSA) is 3.24 Å². The van der Waals surface area contributed by atoms with Gasteiger partial charge in [0.1, 0.15) is 6.17 Å². The van der Waals surface area contributed by atoms with Gasteiger partial charge in [-0.25, -0.2) is 4.39 Å². The first-order chi connectivity index (χ1) is 7.24. The van der Waals surface area contributed by atoms with Crippen molar-refractivity contribution in [3.05, 3.63) is 34.3 Å². The smallest absolute Gasteiger partial charge is 0.103 e. The summed E-state index contributed by atoms with van der Waals surface area (Å²) in [6.07, 6.45) is 0.797. The highest BCUT2D eigenvalue weighted by Crippen LogP contribution is 2.17. The fourth-order valence-electron chi connectivity index (χ4n) is 1.95. The van der Waals surface area contributed by atoms with Crippen LogP contribution in [-0.4, -0.2) is 24.2 Å². The molecule has 82 valence electrons. The molecule has 1 aromatic carbocycles. The lowest BCUT2D eigenvalue weighted by atomic mass is 10.1. The summed E-state index contributed by atoms with van der Waals surface area (Å²) in [7, 11) is 0. The fraction of sp³-hybridized carbons (Fsp3) is 0.500. The van der Waals surface area contributed by atoms with E-state index in [1.165, 1.54) is 5.56 Å². The Labute approximate surface area is 98.4 Å². The highest BCUT2D eigenvalue weighted by molar-refractivity contribution is 9.10. The van der Waals surface area contributed by atoms with Gasteiger partial charge in [0.15, 0.2) is 0 Å². The SMILES string of the molecule is FC1CCN(Cc2cccc(Br)c2)CC1. The predicted octanol–water partition coefficient (Wildman–Crippen LogP) is 3.38. The van der Waals surface area contributed by atoms with Crippen LogP contribution in [0.25, 0.3) is 0 Å². The summed E-state index contributed by atoms with van der Waals surface area (Å²) in [5.74, 6) is 0. The van der Waals surface area contributed by atoms with E-state index in [4.69, 9.17) is 0 Å². The van der Waals surface area contributed by atoms with Crippen molar-refractivity contribution in [3.8, 4) is 0 Å². The second kappa shape index (κ2) is 5.08. The van der Waals surface area contributed by atoms with Crippen molar-refractivity contribution in [1.29, 1.82) is 0 Å². The minimum absolute atomic E-state index is 0.580. The van der Waals surface area contributed by atoms with E-state index in [0.717, 1.165) is 24.1 Å². The van der Waals surface area contributed by atoms with Crippen molar-refractivity contribution >= 4 is 15.9 Å². The maximum absolute atomic E-state index is 12.9. The molecule has 0 unspecified atom stereocenters. The second-order valence-electron chi connectivity index (χ2n) is 4.08. The third kappa shape index (κ3) is 3.28. The van der Waals surface area contributed by atoms with Crippen LogP contribution >= 0.6 is 15.9 Å². The van der Waals surface area contributed by atoms with Crippen molar-refractivity contribution in [2.75, 3.05) is 13.1 Å². The Morgan fingerprint density at radius 2 is 2.07 bits per heavy atom. The Balaban J connectivity index is 1.92. The van der Waals surface area contributed by atoms with E-state index in [9.17, 15) is 4.39 Å². The molecular weight excluding hydrogens is 257 g/mol. The zero-order valence-electron chi connectivity index (χ0n) is 8.63. The Morgan fingerprint density at radius 1 is 1.33 bits per heavy atom. The molecule has 1 nitrogen and oxygen atoms in total. The largest absolute Gasteiger partial charge is 0.299 e. The zero-order chi connectivity index (χ0) is 10.7. The first-order valence-electron chi connectivity index (χ1n) is 5.35. The molecule has 15 heavy (non-hydrogen) atoms. The van der Waals surface area contributed by atoms with Crippen LogP contribution < -0.4 is 0 Å². The van der Waals surface area contributed by atoms with Gasteiger partial charge < -0.3 is 0 Å². The minimum atomic E-state index is -0.580. The minimum Gasteiger partial charge on any atom is -0.299 e. The van der Waals surface area contributed by atoms with E-state index < -0.39 is 6.17 Å². The van der Waals surface area contributed by atoms with Gasteiger partial charge in [0.2, 0.25) is 0 Å². The molecule has 0 aromatic heterocycles. The molecule has 0 radical (unpaired) electrons. The lowest BCUT2D eigenvalue weighted by Gasteiger charge is -2.28. The van der Waals surface area contributed by atoms with Gasteiger partial charge in [0, 0.05) is 24.1 Å². The van der Waals surface area contributed by atoms with E-state index >= 15 is 0 Å². The molecule has 0 spiro atoms. The van der Waals surface area contributed by atoms with Crippen LogP contribution in [0.3, 0.4) is 0 Å². The molecule has 0 atom stereocenters. The van der Waals surface area contributed by atoms with Gasteiger partial charge in [-0.15, -0.1) is 0 Å². The summed E-state index contributed by atoms with van der Waals surface area (Å²) >= 11 is 3.46. The van der Waals surface area contributed by atoms with E-state index in [-0.39, 0.29) is 0 Å². The molecule has 0 aliphatic carbocycles. The van der Waals surface area contributed by atoms with Crippen molar-refractivity contribution in [3.63, 3.8) is 0 Å². The highest BCUT2D eigenvalue weighted by Gasteiger charge is 2.17. The molecule has 1 saturated heterocycles. The molecule has 2 rings (SSSR count). The quantitative estimate of drug-likeness (QED) is 0.797. The van der Waals surface area contributed by atoms with Crippen LogP contribution in [0.15, 0.2) is 28.7 Å². The number of halogens is 2. The number of nitrogens with zero attached hydrogens (tertiary/aromatic N) is 1. The fourth-order valence-corrected chi connectivity index (χ4v) is 2.40. The van der Waals surface area contributed by atoms with Gasteiger partial charge >= 0.3 is 0 Å². The Kier molecular flexibility index (Phi) is 3.76. The van der Waals surface area contributed by atoms with E-state index in [0.29, 0.717) is 12.8 Å². The molecule has 0 N–H and O–H groups in total. The molecule has 1 fully saturated rings. The third-order valence-electron chi connectivity index (χ3n) is 2.81. The molecule has 1 aliphatic heterocycles. The van der Waals surface area contributed by atoms with Gasteiger partial charge in [-0.05, 0) is 30.5 Å². The van der Waals surface area contributed by atoms with Crippen LogP contribution in [0.1, 0.15) is 18.4 Å². The third-order valence-corrected chi connectivity index (χ3v) is 3.31. The summed E-state index contributed by atoms with van der Waals surface area (Å²) in [5, 5.41) is 0. The molecule has 3 heteroatoms. The van der Waals surface area contributed by atoms with Crippen LogP contribution in [0, 0.1) is 0 Å². The van der Waals surface area contributed by atoms with Gasteiger partial charge in [-0.2, -0.15) is 0 Å². The molecular formula is C12H15BrFN. The predicted molar refractivity (Wildman–Crippen MR) is 63.5 cm³/mol. The maximum Gasteiger partial charge on any atom is 0.103 e. The number of piperidine rings is 1. The average Bonchev–Trinajstić information content (AvgIpc) is 2.22. The summed E-state index contributed by atoms with van der Waals surface area (Å²) in [4.78, 5) is 2.32. The Hall–Kier alpha value is -0.410. The molecule has 1 aromatic rings. The van der Waals surface area contributed by atoms with Crippen LogP contribution in [0.4, 0.5) is 4.39 Å². The number of hydrogen-bond donors (Lipinski definition) is 0. The lowest BCUT2D eigenvalue weighted by Crippen LogP contribution is -2.33. The zero-order valence-corrected chi connectivity index (χ0v) is 10.2. The molecule has 0 bridgehead atoms. The number of alkyl halides is 1. The van der Waals surface area contributed by atoms with E-state index in [2.05, 4.69) is 33.0 Å². The summed E-state index contributed by atoms with van der Waals surface area (Å²) in [6.45, 7) is 2.70. The normalized spacial score (nSPS) is 19.3. The van der Waals surface area contributed by atoms with Gasteiger partial charge in [0.05, 0.1) is 0 Å². The Morgan fingerprint density at radius 3 is 2.73 bits per heavy atom. The van der Waals surface area contributed by atoms with Gasteiger partial charge in [-0.3, -0.25) is 4.90 Å². The molecule has 1 heterocycles. The molecule has 1 aliphatic rings. The summed E-state index contributed by atoms with van der Waals surface area (Å²) in [5.41, 5.74) is 1.29. The lowest BCUT2D eigenvalue weighted by molar-refractivity contribution is 0.145. The van der Waals surface area contributed by atoms with E-state index in [1.54, 1.807) is 0 Å². The van der Waals surface area contributed by atoms with Crippen LogP contribution in [0.5, 0.6) is 0 Å². The molecule has 0 saturated carbocycles. The molecule has 0 amide bonds. The van der Waals surface area contributed by atoms with Crippen molar-refractivity contribution in [2.24, 2.45) is 0 Å². The second-order valence-corrected chi connectivity index (χ2v) is 5.00. The van der Waals surface area contributed by atoms with Crippen molar-refractivity contribution in [1.82, 2.24) is 4.90 Å². The first-order valence-corrected chi connectivity index (χ1v) is 6.14. The maximum atomic E-state index is 12.9. The van der Waals surface area contributed by atoms with Gasteiger partial charge in [0.25, 0.3) is 0 Å². The Bertz CT molecular complexity index is 321. The summed E-state index contributed by atoms with van der Waals surface area (Å²) < 4.78 is 14.0. The summed E-state index contributed by atoms with van der Waals surface area (Å²) in [6, 6.07) is 8.31. The van der Waals surface area contributed by atoms with Crippen LogP contribution in [0.2, 0.25) is 0 Å². The van der Waals surface area contributed by atoms with Crippen molar-refractivity contribution < 1.29 is 4.39 Å². The average molecular weight is 272 g/mol. The highest BCUT2D eigenvalue weighted by atomic mass is 79.9. The number of likely N-dealkylation sites (tertiary alicyclic amines) is 1. The standard InChI is InChI=1S/C12H15BrFN/c13-11-3-1-2-10(8-11)9-15-6-4-12(14)5-7-15/h1-3,8,12H,4-7,9H2. The number of rotatable bonds is 2. The van der Waals surface area contributed by atoms with Gasteiger partial charge in [-0.1, -0.05) is 28.1 Å². The monoisotopic (exact) mass is 271 g/mol. The number of hydrogen-bond acceptors (Lipinski definition) is 1. The van der Waals surface area contributed by atoms with Crippen molar-refractivity contribution in [2.45, 2.75) is 25.6 Å². The van der Waals surface area contributed by atoms with E-state index in [1.807, 2.05) is 12.1 Å².